The number of carbonyl (C=O) groups is 1. The van der Waals surface area contributed by atoms with E-state index in [-0.39, 0.29) is 13.5 Å². The second-order valence-corrected chi connectivity index (χ2v) is 0.862. The van der Waals surface area contributed by atoms with Gasteiger partial charge in [0.15, 0.2) is 0 Å². The molecule has 0 saturated carbocycles. The van der Waals surface area contributed by atoms with Crippen molar-refractivity contribution < 1.29 is 18.0 Å². The summed E-state index contributed by atoms with van der Waals surface area (Å²) in [5.41, 5.74) is 3.81. The van der Waals surface area contributed by atoms with Crippen LogP contribution in [0.5, 0.6) is 0 Å². The van der Waals surface area contributed by atoms with E-state index in [0.717, 1.165) is 0 Å². The van der Waals surface area contributed by atoms with Crippen LogP contribution >= 0.6 is 13.5 Å². The van der Waals surface area contributed by atoms with Crippen molar-refractivity contribution in [2.75, 3.05) is 0 Å². The Balaban J connectivity index is 0. The lowest BCUT2D eigenvalue weighted by molar-refractivity contribution is -0.169. The number of primary amides is 1. The molecule has 0 spiro atoms. The van der Waals surface area contributed by atoms with Gasteiger partial charge in [-0.3, -0.25) is 4.79 Å². The fraction of sp³-hybridized carbons (Fsp3) is 0.500. The van der Waals surface area contributed by atoms with Crippen LogP contribution in [0, 0.1) is 0 Å². The third kappa shape index (κ3) is 3.79. The maximum atomic E-state index is 10.7. The lowest BCUT2D eigenvalue weighted by Crippen LogP contribution is -2.30. The summed E-state index contributed by atoms with van der Waals surface area (Å²) in [6.45, 7) is 0. The SMILES string of the molecule is NC(=O)C(F)(F)F.S. The molecule has 0 atom stereocenters. The van der Waals surface area contributed by atoms with Crippen molar-refractivity contribution in [2.24, 2.45) is 5.73 Å². The molecular formula is C2H4F3NOS. The smallest absolute Gasteiger partial charge is 0.362 e. The zero-order chi connectivity index (χ0) is 6.08. The maximum Gasteiger partial charge on any atom is 0.470 e. The molecule has 2 N–H and O–H groups in total. The largest absolute Gasteiger partial charge is 0.470 e. The average molecular weight is 147 g/mol. The van der Waals surface area contributed by atoms with Gasteiger partial charge < -0.3 is 5.73 Å². The number of hydrogen-bond donors (Lipinski definition) is 1. The monoisotopic (exact) mass is 147 g/mol. The van der Waals surface area contributed by atoms with Crippen LogP contribution < -0.4 is 5.73 Å². The molecule has 0 heterocycles. The van der Waals surface area contributed by atoms with Crippen molar-refractivity contribution in [2.45, 2.75) is 6.18 Å². The van der Waals surface area contributed by atoms with Crippen LogP contribution in [0.3, 0.4) is 0 Å². The molecule has 0 aromatic carbocycles. The van der Waals surface area contributed by atoms with Crippen molar-refractivity contribution in [1.82, 2.24) is 0 Å². The molecule has 2 nitrogen and oxygen atoms in total. The maximum absolute atomic E-state index is 10.7. The van der Waals surface area contributed by atoms with E-state index >= 15 is 0 Å². The van der Waals surface area contributed by atoms with Gasteiger partial charge in [0.1, 0.15) is 0 Å². The lowest BCUT2D eigenvalue weighted by Gasteiger charge is -1.95. The summed E-state index contributed by atoms with van der Waals surface area (Å²) in [5.74, 6) is -2.26. The first-order chi connectivity index (χ1) is 2.94. The van der Waals surface area contributed by atoms with E-state index < -0.39 is 12.1 Å². The number of nitrogens with two attached hydrogens (primary N) is 1. The molecule has 0 unspecified atom stereocenters. The highest BCUT2D eigenvalue weighted by Crippen LogP contribution is 2.11. The standard InChI is InChI=1S/C2H2F3NO.H2S/c3-2(4,5)1(6)7;/h(H2,6,7);1H2. The second kappa shape index (κ2) is 2.81. The van der Waals surface area contributed by atoms with Gasteiger partial charge in [-0.1, -0.05) is 0 Å². The van der Waals surface area contributed by atoms with E-state index in [4.69, 9.17) is 4.79 Å². The minimum atomic E-state index is -4.86. The van der Waals surface area contributed by atoms with Crippen LogP contribution in [0.15, 0.2) is 0 Å². The van der Waals surface area contributed by atoms with Crippen LogP contribution in [0.25, 0.3) is 0 Å². The Morgan fingerprint density at radius 3 is 1.50 bits per heavy atom. The molecule has 0 aliphatic rings. The number of hydrogen-bond acceptors (Lipinski definition) is 1. The molecule has 8 heavy (non-hydrogen) atoms. The molecule has 0 aliphatic carbocycles. The van der Waals surface area contributed by atoms with Crippen LogP contribution in [-0.2, 0) is 4.79 Å². The molecular weight excluding hydrogens is 143 g/mol. The Morgan fingerprint density at radius 2 is 1.50 bits per heavy atom. The fourth-order valence-corrected chi connectivity index (χ4v) is 0. The molecule has 50 valence electrons. The van der Waals surface area contributed by atoms with Gasteiger partial charge in [-0.15, -0.1) is 0 Å². The van der Waals surface area contributed by atoms with Crippen molar-refractivity contribution in [1.29, 1.82) is 0 Å². The van der Waals surface area contributed by atoms with Gasteiger partial charge in [0.25, 0.3) is 0 Å². The Kier molecular flexibility index (Phi) is 3.71. The predicted octanol–water partition coefficient (Wildman–Crippen LogP) is 0.147. The topological polar surface area (TPSA) is 43.1 Å². The predicted molar refractivity (Wildman–Crippen MR) is 25.6 cm³/mol. The zero-order valence-corrected chi connectivity index (χ0v) is 4.62. The van der Waals surface area contributed by atoms with Gasteiger partial charge in [0.05, 0.1) is 0 Å². The van der Waals surface area contributed by atoms with Crippen molar-refractivity contribution in [3.8, 4) is 0 Å². The van der Waals surface area contributed by atoms with Crippen molar-refractivity contribution in [3.05, 3.63) is 0 Å². The lowest BCUT2D eigenvalue weighted by atomic mass is 10.6. The van der Waals surface area contributed by atoms with E-state index in [9.17, 15) is 13.2 Å². The quantitative estimate of drug-likeness (QED) is 0.520. The number of alkyl halides is 3. The number of amides is 1. The number of carbonyl (C=O) groups excluding carboxylic acids is 1. The molecule has 6 heteroatoms. The van der Waals surface area contributed by atoms with Crippen LogP contribution in [0.4, 0.5) is 13.2 Å². The summed E-state index contributed by atoms with van der Waals surface area (Å²) in [5, 5.41) is 0. The minimum Gasteiger partial charge on any atom is -0.362 e. The first kappa shape index (κ1) is 10.6. The van der Waals surface area contributed by atoms with Gasteiger partial charge in [-0.25, -0.2) is 0 Å². The molecule has 0 aromatic rings. The normalized spacial score (nSPS) is 9.88. The summed E-state index contributed by atoms with van der Waals surface area (Å²) < 4.78 is 32.1. The molecule has 0 aliphatic heterocycles. The summed E-state index contributed by atoms with van der Waals surface area (Å²) in [7, 11) is 0. The molecule has 0 bridgehead atoms. The molecule has 0 aromatic heterocycles. The first-order valence-corrected chi connectivity index (χ1v) is 1.31. The van der Waals surface area contributed by atoms with Crippen LogP contribution in [-0.4, -0.2) is 12.1 Å². The van der Waals surface area contributed by atoms with Gasteiger partial charge in [0, 0.05) is 0 Å². The third-order valence-corrected chi connectivity index (χ3v) is 0.279. The van der Waals surface area contributed by atoms with E-state index in [0.29, 0.717) is 0 Å². The highest BCUT2D eigenvalue weighted by molar-refractivity contribution is 7.59. The summed E-state index contributed by atoms with van der Waals surface area (Å²) in [4.78, 5) is 9.12. The first-order valence-electron chi connectivity index (χ1n) is 1.31. The van der Waals surface area contributed by atoms with Gasteiger partial charge in [0.2, 0.25) is 0 Å². The molecule has 1 amide bonds. The highest BCUT2D eigenvalue weighted by atomic mass is 32.1. The highest BCUT2D eigenvalue weighted by Gasteiger charge is 2.35. The average Bonchev–Trinajstić information content (AvgIpc) is 1.31. The number of rotatable bonds is 0. The third-order valence-electron chi connectivity index (χ3n) is 0.279. The Bertz CT molecular complexity index is 89.8. The molecule has 0 fully saturated rings. The fourth-order valence-electron chi connectivity index (χ4n) is 0. The molecule has 0 saturated heterocycles. The van der Waals surface area contributed by atoms with Gasteiger partial charge >= 0.3 is 12.1 Å². The Hall–Kier alpha value is -0.390. The summed E-state index contributed by atoms with van der Waals surface area (Å²) >= 11 is 0. The van der Waals surface area contributed by atoms with Crippen molar-refractivity contribution >= 4 is 19.4 Å². The summed E-state index contributed by atoms with van der Waals surface area (Å²) in [6.07, 6.45) is -4.86. The Morgan fingerprint density at radius 1 is 1.38 bits per heavy atom. The van der Waals surface area contributed by atoms with E-state index in [1.807, 2.05) is 0 Å². The van der Waals surface area contributed by atoms with E-state index in [1.54, 1.807) is 0 Å². The van der Waals surface area contributed by atoms with Gasteiger partial charge in [-0.05, 0) is 0 Å². The Labute approximate surface area is 50.3 Å². The minimum absolute atomic E-state index is 0. The van der Waals surface area contributed by atoms with E-state index in [1.165, 1.54) is 0 Å². The second-order valence-electron chi connectivity index (χ2n) is 0.862. The molecule has 0 radical (unpaired) electrons. The van der Waals surface area contributed by atoms with E-state index in [2.05, 4.69) is 5.73 Å². The van der Waals surface area contributed by atoms with Crippen LogP contribution in [0.2, 0.25) is 0 Å². The van der Waals surface area contributed by atoms with Gasteiger partial charge in [-0.2, -0.15) is 26.7 Å². The molecule has 0 rings (SSSR count). The summed E-state index contributed by atoms with van der Waals surface area (Å²) in [6, 6.07) is 0. The number of halogens is 3. The zero-order valence-electron chi connectivity index (χ0n) is 3.62. The van der Waals surface area contributed by atoms with Crippen molar-refractivity contribution in [3.63, 3.8) is 0 Å². The van der Waals surface area contributed by atoms with Crippen LogP contribution in [0.1, 0.15) is 0 Å².